The van der Waals surface area contributed by atoms with Crippen LogP contribution in [0.5, 0.6) is 0 Å². The summed E-state index contributed by atoms with van der Waals surface area (Å²) in [5, 5.41) is 4.81. The van der Waals surface area contributed by atoms with Crippen LogP contribution >= 0.6 is 34.8 Å². The van der Waals surface area contributed by atoms with Gasteiger partial charge in [0.15, 0.2) is 5.76 Å². The van der Waals surface area contributed by atoms with Gasteiger partial charge >= 0.3 is 0 Å². The summed E-state index contributed by atoms with van der Waals surface area (Å²) in [5.41, 5.74) is 3.17. The number of furan rings is 1. The van der Waals surface area contributed by atoms with Crippen LogP contribution in [-0.2, 0) is 19.5 Å². The van der Waals surface area contributed by atoms with E-state index in [1.165, 1.54) is 5.69 Å². The molecule has 4 aromatic rings. The molecular weight excluding hydrogens is 505 g/mol. The average molecular weight is 529 g/mol. The Hall–Kier alpha value is -2.70. The third-order valence-electron chi connectivity index (χ3n) is 6.28. The van der Waals surface area contributed by atoms with Gasteiger partial charge in [-0.15, -0.1) is 0 Å². The van der Waals surface area contributed by atoms with Crippen LogP contribution in [-0.4, -0.2) is 28.5 Å². The zero-order valence-electron chi connectivity index (χ0n) is 18.9. The van der Waals surface area contributed by atoms with Gasteiger partial charge in [0.2, 0.25) is 0 Å². The Kier molecular flexibility index (Phi) is 7.21. The number of aromatic nitrogens is 1. The highest BCUT2D eigenvalue weighted by atomic mass is 35.5. The molecule has 0 radical (unpaired) electrons. The molecule has 0 spiro atoms. The fourth-order valence-electron chi connectivity index (χ4n) is 4.56. The van der Waals surface area contributed by atoms with Crippen molar-refractivity contribution in [3.63, 3.8) is 0 Å². The summed E-state index contributed by atoms with van der Waals surface area (Å²) in [6, 6.07) is 21.1. The maximum absolute atomic E-state index is 12.6. The molecule has 2 aromatic carbocycles. The van der Waals surface area contributed by atoms with Crippen molar-refractivity contribution in [2.45, 2.75) is 25.6 Å². The highest BCUT2D eigenvalue weighted by Gasteiger charge is 2.30. The van der Waals surface area contributed by atoms with Crippen LogP contribution in [0.15, 0.2) is 77.3 Å². The zero-order chi connectivity index (χ0) is 24.4. The summed E-state index contributed by atoms with van der Waals surface area (Å²) in [6.07, 6.45) is 2.70. The second-order valence-electron chi connectivity index (χ2n) is 8.53. The van der Waals surface area contributed by atoms with Crippen LogP contribution in [0.2, 0.25) is 15.1 Å². The maximum Gasteiger partial charge on any atom is 0.287 e. The first kappa shape index (κ1) is 24.0. The van der Waals surface area contributed by atoms with E-state index in [0.717, 1.165) is 35.0 Å². The number of benzene rings is 2. The molecule has 5 rings (SSSR count). The lowest BCUT2D eigenvalue weighted by molar-refractivity contribution is 0.0920. The molecule has 2 aromatic heterocycles. The van der Waals surface area contributed by atoms with Gasteiger partial charge < -0.3 is 14.3 Å². The number of halogens is 3. The summed E-state index contributed by atoms with van der Waals surface area (Å²) in [7, 11) is 0. The SMILES string of the molecule is O=C(NCCc1ccc(Cl)cc1Cl)c1ccc(CN2CCn3cccc3C2c2ccccc2Cl)o1. The highest BCUT2D eigenvalue weighted by molar-refractivity contribution is 6.35. The van der Waals surface area contributed by atoms with Crippen LogP contribution in [0.25, 0.3) is 0 Å². The molecule has 3 heterocycles. The minimum Gasteiger partial charge on any atom is -0.455 e. The number of hydrogen-bond donors (Lipinski definition) is 1. The largest absolute Gasteiger partial charge is 0.455 e. The molecule has 180 valence electrons. The Balaban J connectivity index is 1.26. The fraction of sp³-hybridized carbons (Fsp3) is 0.222. The van der Waals surface area contributed by atoms with E-state index in [9.17, 15) is 4.79 Å². The van der Waals surface area contributed by atoms with E-state index < -0.39 is 0 Å². The lowest BCUT2D eigenvalue weighted by atomic mass is 9.99. The Morgan fingerprint density at radius 2 is 1.83 bits per heavy atom. The maximum atomic E-state index is 12.6. The third-order valence-corrected chi connectivity index (χ3v) is 7.21. The van der Waals surface area contributed by atoms with Crippen molar-refractivity contribution in [3.05, 3.63) is 116 Å². The molecule has 1 aliphatic rings. The van der Waals surface area contributed by atoms with E-state index in [1.807, 2.05) is 30.3 Å². The summed E-state index contributed by atoms with van der Waals surface area (Å²) in [4.78, 5) is 15.0. The van der Waals surface area contributed by atoms with Gasteiger partial charge in [0.1, 0.15) is 5.76 Å². The van der Waals surface area contributed by atoms with Crippen molar-refractivity contribution in [2.75, 3.05) is 13.1 Å². The lowest BCUT2D eigenvalue weighted by Crippen LogP contribution is -2.38. The quantitative estimate of drug-likeness (QED) is 0.293. The van der Waals surface area contributed by atoms with Crippen LogP contribution < -0.4 is 5.32 Å². The first-order valence-corrected chi connectivity index (χ1v) is 12.6. The highest BCUT2D eigenvalue weighted by Crippen LogP contribution is 2.37. The number of carbonyl (C=O) groups is 1. The molecule has 0 saturated carbocycles. The minimum absolute atomic E-state index is 0.000971. The van der Waals surface area contributed by atoms with Crippen molar-refractivity contribution in [2.24, 2.45) is 0 Å². The molecule has 0 aliphatic carbocycles. The Bertz CT molecular complexity index is 1350. The van der Waals surface area contributed by atoms with Gasteiger partial charge in [0.25, 0.3) is 5.91 Å². The Morgan fingerprint density at radius 3 is 2.66 bits per heavy atom. The third kappa shape index (κ3) is 5.29. The minimum atomic E-state index is -0.253. The van der Waals surface area contributed by atoms with Crippen LogP contribution in [0, 0.1) is 0 Å². The topological polar surface area (TPSA) is 50.4 Å². The molecule has 5 nitrogen and oxygen atoms in total. The van der Waals surface area contributed by atoms with Crippen molar-refractivity contribution in [1.29, 1.82) is 0 Å². The number of carbonyl (C=O) groups excluding carboxylic acids is 1. The number of nitrogens with one attached hydrogen (secondary N) is 1. The molecule has 0 saturated heterocycles. The van der Waals surface area contributed by atoms with E-state index in [2.05, 4.69) is 39.2 Å². The molecule has 1 atom stereocenters. The number of nitrogens with zero attached hydrogens (tertiary/aromatic N) is 2. The van der Waals surface area contributed by atoms with Crippen molar-refractivity contribution >= 4 is 40.7 Å². The van der Waals surface area contributed by atoms with Crippen LogP contribution in [0.3, 0.4) is 0 Å². The molecule has 1 aliphatic heterocycles. The van der Waals surface area contributed by atoms with Crippen LogP contribution in [0.4, 0.5) is 0 Å². The van der Waals surface area contributed by atoms with E-state index in [4.69, 9.17) is 39.2 Å². The lowest BCUT2D eigenvalue weighted by Gasteiger charge is -2.37. The zero-order valence-corrected chi connectivity index (χ0v) is 21.2. The van der Waals surface area contributed by atoms with Gasteiger partial charge in [-0.05, 0) is 60.0 Å². The molecule has 0 fully saturated rings. The summed E-state index contributed by atoms with van der Waals surface area (Å²) in [5.74, 6) is 0.765. The Morgan fingerprint density at radius 1 is 0.971 bits per heavy atom. The van der Waals surface area contributed by atoms with Crippen molar-refractivity contribution < 1.29 is 9.21 Å². The average Bonchev–Trinajstić information content (AvgIpc) is 3.51. The van der Waals surface area contributed by atoms with E-state index in [-0.39, 0.29) is 17.7 Å². The smallest absolute Gasteiger partial charge is 0.287 e. The van der Waals surface area contributed by atoms with E-state index >= 15 is 0 Å². The summed E-state index contributed by atoms with van der Waals surface area (Å²) < 4.78 is 8.20. The van der Waals surface area contributed by atoms with Gasteiger partial charge in [0.05, 0.1) is 12.6 Å². The number of fused-ring (bicyclic) bond motifs is 1. The molecule has 8 heteroatoms. The van der Waals surface area contributed by atoms with Gasteiger partial charge in [-0.3, -0.25) is 9.69 Å². The number of amides is 1. The summed E-state index contributed by atoms with van der Waals surface area (Å²) in [6.45, 7) is 2.72. The molecule has 1 unspecified atom stereocenters. The van der Waals surface area contributed by atoms with Crippen molar-refractivity contribution in [1.82, 2.24) is 14.8 Å². The van der Waals surface area contributed by atoms with Gasteiger partial charge in [-0.2, -0.15) is 0 Å². The predicted molar refractivity (Wildman–Crippen MR) is 139 cm³/mol. The first-order valence-electron chi connectivity index (χ1n) is 11.4. The fourth-order valence-corrected chi connectivity index (χ4v) is 5.30. The van der Waals surface area contributed by atoms with Crippen molar-refractivity contribution in [3.8, 4) is 0 Å². The second kappa shape index (κ2) is 10.5. The molecule has 0 bridgehead atoms. The second-order valence-corrected chi connectivity index (χ2v) is 9.78. The number of rotatable bonds is 7. The molecule has 1 amide bonds. The van der Waals surface area contributed by atoms with Gasteiger partial charge in [-0.25, -0.2) is 0 Å². The first-order chi connectivity index (χ1) is 17.0. The standard InChI is InChI=1S/C27H24Cl3N3O2/c28-19-8-7-18(23(30)16-19)11-12-31-27(34)25-10-9-20(35-25)17-33-15-14-32-13-3-6-24(32)26(33)21-4-1-2-5-22(21)29/h1-10,13,16,26H,11-12,14-15,17H2,(H,31,34). The monoisotopic (exact) mass is 527 g/mol. The van der Waals surface area contributed by atoms with Gasteiger partial charge in [0, 0.05) is 46.6 Å². The van der Waals surface area contributed by atoms with Crippen LogP contribution in [0.1, 0.15) is 39.2 Å². The molecule has 35 heavy (non-hydrogen) atoms. The van der Waals surface area contributed by atoms with Gasteiger partial charge in [-0.1, -0.05) is 59.1 Å². The normalized spacial score (nSPS) is 15.7. The van der Waals surface area contributed by atoms with E-state index in [1.54, 1.807) is 18.2 Å². The Labute approximate surface area is 219 Å². The summed E-state index contributed by atoms with van der Waals surface area (Å²) >= 11 is 18.8. The number of hydrogen-bond acceptors (Lipinski definition) is 3. The molecule has 1 N–H and O–H groups in total. The predicted octanol–water partition coefficient (Wildman–Crippen LogP) is 6.62. The van der Waals surface area contributed by atoms with E-state index in [0.29, 0.717) is 29.6 Å². The molecular formula is C27H24Cl3N3O2.